The Morgan fingerprint density at radius 3 is 2.82 bits per heavy atom. The van der Waals surface area contributed by atoms with Crippen molar-refractivity contribution in [1.29, 1.82) is 0 Å². The van der Waals surface area contributed by atoms with Crippen molar-refractivity contribution in [3.05, 3.63) is 46.8 Å². The average molecular weight is 312 g/mol. The summed E-state index contributed by atoms with van der Waals surface area (Å²) < 4.78 is 6.35. The molecule has 4 heteroatoms. The van der Waals surface area contributed by atoms with Crippen molar-refractivity contribution in [2.45, 2.75) is 11.8 Å². The molecule has 0 saturated heterocycles. The van der Waals surface area contributed by atoms with E-state index >= 15 is 0 Å². The van der Waals surface area contributed by atoms with E-state index in [1.54, 1.807) is 6.26 Å². The molecule has 0 fully saturated rings. The minimum atomic E-state index is 0.928. The van der Waals surface area contributed by atoms with Crippen LogP contribution in [0.15, 0.2) is 50.4 Å². The van der Waals surface area contributed by atoms with Gasteiger partial charge in [-0.3, -0.25) is 0 Å². The zero-order valence-electron chi connectivity index (χ0n) is 9.57. The monoisotopic (exact) mass is 311 g/mol. The first-order valence-electron chi connectivity index (χ1n) is 5.42. The fourth-order valence-electron chi connectivity index (χ4n) is 1.47. The molecule has 0 radical (unpaired) electrons. The van der Waals surface area contributed by atoms with E-state index < -0.39 is 0 Å². The van der Waals surface area contributed by atoms with Crippen LogP contribution in [-0.4, -0.2) is 12.3 Å². The Kier molecular flexibility index (Phi) is 4.57. The first-order chi connectivity index (χ1) is 8.27. The molecule has 0 atom stereocenters. The molecule has 1 aromatic heterocycles. The number of thioether (sulfide) groups is 1. The van der Waals surface area contributed by atoms with E-state index in [2.05, 4.69) is 27.3 Å². The van der Waals surface area contributed by atoms with Crippen LogP contribution in [0.25, 0.3) is 0 Å². The van der Waals surface area contributed by atoms with E-state index in [1.165, 1.54) is 4.90 Å². The lowest BCUT2D eigenvalue weighted by Crippen LogP contribution is -2.04. The molecule has 0 aliphatic heterocycles. The van der Waals surface area contributed by atoms with Crippen molar-refractivity contribution < 1.29 is 4.42 Å². The number of hydrogen-bond acceptors (Lipinski definition) is 3. The van der Waals surface area contributed by atoms with Crippen LogP contribution in [0.2, 0.25) is 0 Å². The van der Waals surface area contributed by atoms with Crippen LogP contribution < -0.4 is 5.32 Å². The van der Waals surface area contributed by atoms with Crippen LogP contribution in [0.3, 0.4) is 0 Å². The molecule has 1 N–H and O–H groups in total. The molecule has 1 aromatic carbocycles. The van der Waals surface area contributed by atoms with Gasteiger partial charge in [-0.25, -0.2) is 0 Å². The second-order valence-electron chi connectivity index (χ2n) is 3.60. The number of anilines is 1. The Morgan fingerprint density at radius 1 is 1.29 bits per heavy atom. The molecule has 0 spiro atoms. The molecule has 0 amide bonds. The predicted molar refractivity (Wildman–Crippen MR) is 76.8 cm³/mol. The highest BCUT2D eigenvalue weighted by atomic mass is 79.9. The Balaban J connectivity index is 1.77. The van der Waals surface area contributed by atoms with Gasteiger partial charge in [0.05, 0.1) is 6.26 Å². The Morgan fingerprint density at radius 2 is 2.12 bits per heavy atom. The Bertz CT molecular complexity index is 484. The molecule has 2 rings (SSSR count). The molecule has 0 aliphatic rings. The lowest BCUT2D eigenvalue weighted by molar-refractivity contribution is 0.527. The Hall–Kier alpha value is -0.870. The summed E-state index contributed by atoms with van der Waals surface area (Å²) in [7, 11) is 0. The van der Waals surface area contributed by atoms with Crippen LogP contribution in [0.5, 0.6) is 0 Å². The third-order valence-corrected chi connectivity index (χ3v) is 4.19. The molecule has 17 heavy (non-hydrogen) atoms. The van der Waals surface area contributed by atoms with Crippen LogP contribution in [0.4, 0.5) is 5.69 Å². The fraction of sp³-hybridized carbons (Fsp3) is 0.231. The lowest BCUT2D eigenvalue weighted by Gasteiger charge is -2.07. The van der Waals surface area contributed by atoms with Gasteiger partial charge in [0.2, 0.25) is 0 Å². The van der Waals surface area contributed by atoms with E-state index in [-0.39, 0.29) is 0 Å². The zero-order valence-corrected chi connectivity index (χ0v) is 12.0. The maximum atomic E-state index is 5.25. The summed E-state index contributed by atoms with van der Waals surface area (Å²) in [6, 6.07) is 10.2. The zero-order chi connectivity index (χ0) is 12.1. The Labute approximate surface area is 114 Å². The fourth-order valence-corrected chi connectivity index (χ4v) is 2.73. The normalized spacial score (nSPS) is 10.5. The topological polar surface area (TPSA) is 25.2 Å². The van der Waals surface area contributed by atoms with Crippen molar-refractivity contribution in [2.75, 3.05) is 17.6 Å². The molecule has 2 aromatic rings. The highest BCUT2D eigenvalue weighted by molar-refractivity contribution is 9.10. The maximum Gasteiger partial charge on any atom is 0.114 e. The summed E-state index contributed by atoms with van der Waals surface area (Å²) in [5, 5.41) is 3.40. The van der Waals surface area contributed by atoms with Crippen LogP contribution in [0.1, 0.15) is 5.76 Å². The molecular formula is C13H14BrNOS. The van der Waals surface area contributed by atoms with E-state index in [1.807, 2.05) is 43.0 Å². The van der Waals surface area contributed by atoms with Crippen molar-refractivity contribution >= 4 is 33.4 Å². The standard InChI is InChI=1S/C13H14BrNOS/c1-10-13(6-8-16-10)17-9-7-15-12-5-3-2-4-11(12)14/h2-6,8,15H,7,9H2,1H3. The van der Waals surface area contributed by atoms with Gasteiger partial charge < -0.3 is 9.73 Å². The van der Waals surface area contributed by atoms with Crippen LogP contribution >= 0.6 is 27.7 Å². The number of nitrogens with one attached hydrogen (secondary N) is 1. The summed E-state index contributed by atoms with van der Waals surface area (Å²) in [4.78, 5) is 1.22. The summed E-state index contributed by atoms with van der Waals surface area (Å²) in [6.07, 6.45) is 1.73. The van der Waals surface area contributed by atoms with E-state index in [4.69, 9.17) is 4.42 Å². The van der Waals surface area contributed by atoms with E-state index in [9.17, 15) is 0 Å². The van der Waals surface area contributed by atoms with Crippen LogP contribution in [0, 0.1) is 6.92 Å². The molecular weight excluding hydrogens is 298 g/mol. The highest BCUT2D eigenvalue weighted by Crippen LogP contribution is 2.24. The average Bonchev–Trinajstić information content (AvgIpc) is 2.73. The quantitative estimate of drug-likeness (QED) is 0.647. The molecule has 1 heterocycles. The highest BCUT2D eigenvalue weighted by Gasteiger charge is 2.01. The van der Waals surface area contributed by atoms with Gasteiger partial charge in [-0.15, -0.1) is 11.8 Å². The van der Waals surface area contributed by atoms with Crippen molar-refractivity contribution in [1.82, 2.24) is 0 Å². The van der Waals surface area contributed by atoms with Gasteiger partial charge in [-0.05, 0) is 41.1 Å². The first kappa shape index (κ1) is 12.6. The third-order valence-electron chi connectivity index (χ3n) is 2.36. The number of benzene rings is 1. The number of aryl methyl sites for hydroxylation is 1. The van der Waals surface area contributed by atoms with Crippen molar-refractivity contribution in [2.24, 2.45) is 0 Å². The minimum absolute atomic E-state index is 0.928. The number of rotatable bonds is 5. The number of para-hydroxylation sites is 1. The van der Waals surface area contributed by atoms with E-state index in [0.717, 1.165) is 28.2 Å². The summed E-state index contributed by atoms with van der Waals surface area (Å²) in [6.45, 7) is 2.92. The van der Waals surface area contributed by atoms with Gasteiger partial charge >= 0.3 is 0 Å². The van der Waals surface area contributed by atoms with Gasteiger partial charge in [0.25, 0.3) is 0 Å². The SMILES string of the molecule is Cc1occc1SCCNc1ccccc1Br. The molecule has 90 valence electrons. The van der Waals surface area contributed by atoms with Gasteiger partial charge in [-0.2, -0.15) is 0 Å². The number of halogens is 1. The summed E-state index contributed by atoms with van der Waals surface area (Å²) in [5.41, 5.74) is 1.14. The predicted octanol–water partition coefficient (Wildman–Crippen LogP) is 4.55. The lowest BCUT2D eigenvalue weighted by atomic mass is 10.3. The largest absolute Gasteiger partial charge is 0.468 e. The molecule has 0 saturated carbocycles. The van der Waals surface area contributed by atoms with Crippen LogP contribution in [-0.2, 0) is 0 Å². The second-order valence-corrected chi connectivity index (χ2v) is 5.59. The van der Waals surface area contributed by atoms with Crippen molar-refractivity contribution in [3.63, 3.8) is 0 Å². The smallest absolute Gasteiger partial charge is 0.114 e. The maximum absolute atomic E-state index is 5.25. The van der Waals surface area contributed by atoms with Gasteiger partial charge in [0.15, 0.2) is 0 Å². The molecule has 0 aliphatic carbocycles. The summed E-state index contributed by atoms with van der Waals surface area (Å²) >= 11 is 5.32. The first-order valence-corrected chi connectivity index (χ1v) is 7.20. The molecule has 0 bridgehead atoms. The third kappa shape index (κ3) is 3.54. The second kappa shape index (κ2) is 6.17. The number of hydrogen-bond donors (Lipinski definition) is 1. The minimum Gasteiger partial charge on any atom is -0.468 e. The molecule has 0 unspecified atom stereocenters. The van der Waals surface area contributed by atoms with Gasteiger partial charge in [0, 0.05) is 27.4 Å². The summed E-state index contributed by atoms with van der Waals surface area (Å²) in [5.74, 6) is 2.01. The van der Waals surface area contributed by atoms with Gasteiger partial charge in [0.1, 0.15) is 5.76 Å². The molecule has 2 nitrogen and oxygen atoms in total. The van der Waals surface area contributed by atoms with E-state index in [0.29, 0.717) is 0 Å². The van der Waals surface area contributed by atoms with Gasteiger partial charge in [-0.1, -0.05) is 12.1 Å². The van der Waals surface area contributed by atoms with Crippen molar-refractivity contribution in [3.8, 4) is 0 Å². The number of furan rings is 1.